The molecule has 2 saturated heterocycles. The Bertz CT molecular complexity index is 1090. The maximum atomic E-state index is 12.4. The van der Waals surface area contributed by atoms with E-state index in [0.29, 0.717) is 30.3 Å². The molecule has 7 nitrogen and oxygen atoms in total. The number of phenolic OH excluding ortho intramolecular Hbond substituents is 1. The first kappa shape index (κ1) is 21.8. The van der Waals surface area contributed by atoms with Crippen LogP contribution in [0.15, 0.2) is 43.5 Å². The molecule has 2 bridgehead atoms. The number of aromatic nitrogens is 1. The normalized spacial score (nSPS) is 23.1. The highest BCUT2D eigenvalue weighted by Crippen LogP contribution is 2.42. The molecule has 3 heterocycles. The first-order valence-electron chi connectivity index (χ1n) is 10.8. The van der Waals surface area contributed by atoms with Gasteiger partial charge < -0.3 is 31.2 Å². The summed E-state index contributed by atoms with van der Waals surface area (Å²) in [5.74, 6) is 0.735. The topological polar surface area (TPSA) is 118 Å². The second kappa shape index (κ2) is 8.59. The Morgan fingerprint density at radius 1 is 1.28 bits per heavy atom. The van der Waals surface area contributed by atoms with E-state index in [0.717, 1.165) is 35.2 Å². The van der Waals surface area contributed by atoms with E-state index in [2.05, 4.69) is 18.1 Å². The SMILES string of the molecule is C=CC(=O)N1C2COCC1CC(c1[nH]c(N)c(/C=C(\N)c3ccccc3O)c1C(=C)C)C2. The van der Waals surface area contributed by atoms with Gasteiger partial charge in [0.05, 0.1) is 25.3 Å². The van der Waals surface area contributed by atoms with Crippen LogP contribution in [0.2, 0.25) is 0 Å². The van der Waals surface area contributed by atoms with Gasteiger partial charge in [0.15, 0.2) is 0 Å². The molecule has 32 heavy (non-hydrogen) atoms. The van der Waals surface area contributed by atoms with E-state index in [1.807, 2.05) is 17.9 Å². The molecular formula is C25H30N4O3. The molecule has 7 heteroatoms. The summed E-state index contributed by atoms with van der Waals surface area (Å²) in [6, 6.07) is 6.91. The quantitative estimate of drug-likeness (QED) is 0.538. The zero-order valence-electron chi connectivity index (χ0n) is 18.3. The fraction of sp³-hybridized carbons (Fsp3) is 0.320. The van der Waals surface area contributed by atoms with E-state index in [1.54, 1.807) is 24.3 Å². The molecule has 0 aliphatic carbocycles. The van der Waals surface area contributed by atoms with Gasteiger partial charge in [0.1, 0.15) is 11.6 Å². The third-order valence-corrected chi connectivity index (χ3v) is 6.40. The fourth-order valence-electron chi connectivity index (χ4n) is 5.04. The van der Waals surface area contributed by atoms with Crippen LogP contribution in [-0.4, -0.2) is 46.2 Å². The van der Waals surface area contributed by atoms with Crippen LogP contribution >= 0.6 is 0 Å². The molecule has 1 aromatic heterocycles. The van der Waals surface area contributed by atoms with E-state index in [9.17, 15) is 9.90 Å². The second-order valence-electron chi connectivity index (χ2n) is 8.60. The van der Waals surface area contributed by atoms with Gasteiger partial charge in [-0.3, -0.25) is 4.79 Å². The number of phenols is 1. The van der Waals surface area contributed by atoms with Crippen molar-refractivity contribution in [1.82, 2.24) is 9.88 Å². The average molecular weight is 435 g/mol. The number of hydrogen-bond acceptors (Lipinski definition) is 5. The number of rotatable bonds is 5. The van der Waals surface area contributed by atoms with E-state index in [1.165, 1.54) is 6.08 Å². The molecule has 2 atom stereocenters. The lowest BCUT2D eigenvalue weighted by molar-refractivity contribution is -0.146. The van der Waals surface area contributed by atoms with E-state index in [4.69, 9.17) is 16.2 Å². The zero-order valence-corrected chi connectivity index (χ0v) is 18.3. The number of anilines is 1. The van der Waals surface area contributed by atoms with Crippen molar-refractivity contribution in [2.45, 2.75) is 37.8 Å². The van der Waals surface area contributed by atoms with E-state index in [-0.39, 0.29) is 29.7 Å². The third-order valence-electron chi connectivity index (χ3n) is 6.40. The molecule has 168 valence electrons. The Hall–Kier alpha value is -3.45. The molecule has 0 saturated carbocycles. The molecule has 2 aliphatic rings. The van der Waals surface area contributed by atoms with Crippen molar-refractivity contribution in [1.29, 1.82) is 0 Å². The lowest BCUT2D eigenvalue weighted by atomic mass is 9.80. The first-order chi connectivity index (χ1) is 15.3. The zero-order chi connectivity index (χ0) is 23.0. The number of H-pyrrole nitrogens is 1. The van der Waals surface area contributed by atoms with Gasteiger partial charge in [-0.15, -0.1) is 0 Å². The number of amides is 1. The number of nitrogens with zero attached hydrogens (tertiary/aromatic N) is 1. The molecule has 1 amide bonds. The molecular weight excluding hydrogens is 404 g/mol. The van der Waals surface area contributed by atoms with Gasteiger partial charge in [-0.1, -0.05) is 25.3 Å². The van der Waals surface area contributed by atoms with Crippen molar-refractivity contribution >= 4 is 29.1 Å². The molecule has 0 spiro atoms. The number of hydrogen-bond donors (Lipinski definition) is 4. The molecule has 6 N–H and O–H groups in total. The highest BCUT2D eigenvalue weighted by Gasteiger charge is 2.42. The van der Waals surface area contributed by atoms with Crippen LogP contribution in [0.4, 0.5) is 5.82 Å². The Morgan fingerprint density at radius 2 is 1.94 bits per heavy atom. The summed E-state index contributed by atoms with van der Waals surface area (Å²) >= 11 is 0. The summed E-state index contributed by atoms with van der Waals surface area (Å²) < 4.78 is 5.73. The Labute approximate surface area is 188 Å². The third kappa shape index (κ3) is 3.80. The number of benzene rings is 1. The standard InChI is InChI=1S/C25H30N4O3/c1-4-22(31)29-16-9-15(10-17(29)13-32-12-16)24-23(14(2)3)19(25(27)28-24)11-20(26)18-7-5-6-8-21(18)30/h4-8,11,15-17,28,30H,1-2,9-10,12-13,26-27H2,3H3/b20-11-. The minimum atomic E-state index is -0.0491. The van der Waals surface area contributed by atoms with Crippen molar-refractivity contribution in [3.8, 4) is 5.75 Å². The molecule has 4 rings (SSSR count). The summed E-state index contributed by atoms with van der Waals surface area (Å²) in [5, 5.41) is 10.2. The summed E-state index contributed by atoms with van der Waals surface area (Å²) in [7, 11) is 0. The van der Waals surface area contributed by atoms with Crippen LogP contribution in [0.1, 0.15) is 48.1 Å². The number of piperidine rings is 1. The van der Waals surface area contributed by atoms with Gasteiger partial charge in [-0.05, 0) is 49.6 Å². The van der Waals surface area contributed by atoms with Crippen molar-refractivity contribution in [3.05, 3.63) is 65.9 Å². The van der Waals surface area contributed by atoms with Crippen molar-refractivity contribution in [2.24, 2.45) is 5.73 Å². The van der Waals surface area contributed by atoms with Crippen LogP contribution in [0.3, 0.4) is 0 Å². The number of aromatic hydroxyl groups is 1. The summed E-state index contributed by atoms with van der Waals surface area (Å²) in [6.07, 6.45) is 4.68. The number of aromatic amines is 1. The maximum Gasteiger partial charge on any atom is 0.246 e. The molecule has 0 radical (unpaired) electrons. The predicted molar refractivity (Wildman–Crippen MR) is 127 cm³/mol. The Morgan fingerprint density at radius 3 is 2.53 bits per heavy atom. The average Bonchev–Trinajstić information content (AvgIpc) is 3.08. The van der Waals surface area contributed by atoms with Crippen LogP contribution in [0.5, 0.6) is 5.75 Å². The number of nitrogen functional groups attached to an aromatic ring is 1. The molecule has 2 aromatic rings. The Balaban J connectivity index is 1.72. The number of fused-ring (bicyclic) bond motifs is 2. The summed E-state index contributed by atoms with van der Waals surface area (Å²) in [4.78, 5) is 17.7. The van der Waals surface area contributed by atoms with E-state index < -0.39 is 0 Å². The number of nitrogens with two attached hydrogens (primary N) is 2. The van der Waals surface area contributed by atoms with Crippen molar-refractivity contribution in [3.63, 3.8) is 0 Å². The van der Waals surface area contributed by atoms with Crippen molar-refractivity contribution in [2.75, 3.05) is 18.9 Å². The fourth-order valence-corrected chi connectivity index (χ4v) is 5.04. The molecule has 1 aromatic carbocycles. The molecule has 2 unspecified atom stereocenters. The van der Waals surface area contributed by atoms with Crippen LogP contribution in [0, 0.1) is 0 Å². The monoisotopic (exact) mass is 434 g/mol. The smallest absolute Gasteiger partial charge is 0.246 e. The largest absolute Gasteiger partial charge is 0.507 e. The molecule has 2 aliphatic heterocycles. The highest BCUT2D eigenvalue weighted by atomic mass is 16.5. The van der Waals surface area contributed by atoms with Gasteiger partial charge in [0.2, 0.25) is 5.91 Å². The number of ether oxygens (including phenoxy) is 1. The number of para-hydroxylation sites is 1. The minimum absolute atomic E-state index is 0.00850. The number of carbonyl (C=O) groups excluding carboxylic acids is 1. The van der Waals surface area contributed by atoms with Gasteiger partial charge in [-0.25, -0.2) is 0 Å². The van der Waals surface area contributed by atoms with Gasteiger partial charge in [-0.2, -0.15) is 0 Å². The minimum Gasteiger partial charge on any atom is -0.507 e. The molecule has 2 fully saturated rings. The second-order valence-corrected chi connectivity index (χ2v) is 8.60. The number of allylic oxidation sites excluding steroid dienone is 1. The lowest BCUT2D eigenvalue weighted by Crippen LogP contribution is -2.58. The summed E-state index contributed by atoms with van der Waals surface area (Å²) in [5.41, 5.74) is 17.3. The van der Waals surface area contributed by atoms with Crippen molar-refractivity contribution < 1.29 is 14.6 Å². The predicted octanol–water partition coefficient (Wildman–Crippen LogP) is 3.45. The highest BCUT2D eigenvalue weighted by molar-refractivity contribution is 5.90. The van der Waals surface area contributed by atoms with Gasteiger partial charge in [0, 0.05) is 34.0 Å². The van der Waals surface area contributed by atoms with Crippen LogP contribution in [0.25, 0.3) is 17.3 Å². The maximum absolute atomic E-state index is 12.4. The number of nitrogens with one attached hydrogen (secondary N) is 1. The van der Waals surface area contributed by atoms with Gasteiger partial charge in [0.25, 0.3) is 0 Å². The number of morpholine rings is 1. The van der Waals surface area contributed by atoms with Crippen LogP contribution < -0.4 is 11.5 Å². The first-order valence-corrected chi connectivity index (χ1v) is 10.8. The van der Waals surface area contributed by atoms with Gasteiger partial charge >= 0.3 is 0 Å². The Kier molecular flexibility index (Phi) is 5.84. The van der Waals surface area contributed by atoms with Crippen LogP contribution in [-0.2, 0) is 9.53 Å². The number of carbonyl (C=O) groups is 1. The lowest BCUT2D eigenvalue weighted by Gasteiger charge is -2.48. The van der Waals surface area contributed by atoms with E-state index >= 15 is 0 Å². The summed E-state index contributed by atoms with van der Waals surface area (Å²) in [6.45, 7) is 10.8.